The van der Waals surface area contributed by atoms with E-state index in [1.165, 1.54) is 5.56 Å². The maximum atomic E-state index is 13.3. The van der Waals surface area contributed by atoms with Crippen LogP contribution in [0.25, 0.3) is 0 Å². The van der Waals surface area contributed by atoms with Gasteiger partial charge in [0.15, 0.2) is 0 Å². The highest BCUT2D eigenvalue weighted by Crippen LogP contribution is 2.48. The fourth-order valence-corrected chi connectivity index (χ4v) is 5.06. The number of hydrogen-bond donors (Lipinski definition) is 0. The van der Waals surface area contributed by atoms with Gasteiger partial charge in [0, 0.05) is 19.0 Å². The van der Waals surface area contributed by atoms with E-state index in [0.717, 1.165) is 36.2 Å². The largest absolute Gasteiger partial charge is 0.379 e. The summed E-state index contributed by atoms with van der Waals surface area (Å²) in [4.78, 5) is 15.0. The van der Waals surface area contributed by atoms with Gasteiger partial charge in [-0.1, -0.05) is 56.3 Å². The normalized spacial score (nSPS) is 17.4. The van der Waals surface area contributed by atoms with Crippen molar-refractivity contribution in [2.45, 2.75) is 37.6 Å². The minimum absolute atomic E-state index is 0.0283. The quantitative estimate of drug-likeness (QED) is 0.385. The van der Waals surface area contributed by atoms with Crippen molar-refractivity contribution in [2.24, 2.45) is 11.8 Å². The third-order valence-corrected chi connectivity index (χ3v) is 7.07. The van der Waals surface area contributed by atoms with Gasteiger partial charge < -0.3 is 9.08 Å². The number of rotatable bonds is 9. The van der Waals surface area contributed by atoms with Crippen molar-refractivity contribution in [3.63, 3.8) is 0 Å². The Bertz CT molecular complexity index is 1240. The van der Waals surface area contributed by atoms with Crippen LogP contribution in [-0.2, 0) is 21.5 Å². The number of nitrogens with zero attached hydrogens (tertiary/aromatic N) is 1. The first-order valence-corrected chi connectivity index (χ1v) is 12.8. The predicted octanol–water partition coefficient (Wildman–Crippen LogP) is 5.38. The summed E-state index contributed by atoms with van der Waals surface area (Å²) in [5.74, 6) is 0.246. The van der Waals surface area contributed by atoms with E-state index in [2.05, 4.69) is 26.0 Å². The fourth-order valence-electron chi connectivity index (χ4n) is 4.14. The molecule has 1 fully saturated rings. The summed E-state index contributed by atoms with van der Waals surface area (Å²) >= 11 is 0. The molecular formula is C27H28FNO4S. The van der Waals surface area contributed by atoms with Gasteiger partial charge in [0.1, 0.15) is 16.5 Å². The molecule has 34 heavy (non-hydrogen) atoms. The number of amides is 1. The molecular weight excluding hydrogens is 453 g/mol. The van der Waals surface area contributed by atoms with Crippen molar-refractivity contribution >= 4 is 16.0 Å². The first-order chi connectivity index (χ1) is 16.2. The molecule has 3 aromatic rings. The van der Waals surface area contributed by atoms with Gasteiger partial charge in [-0.3, -0.25) is 4.79 Å². The summed E-state index contributed by atoms with van der Waals surface area (Å²) in [6.45, 7) is 5.10. The zero-order chi connectivity index (χ0) is 24.3. The molecule has 0 aliphatic heterocycles. The molecule has 1 aliphatic rings. The molecule has 178 valence electrons. The topological polar surface area (TPSA) is 63.7 Å². The highest BCUT2D eigenvalue weighted by Gasteiger charge is 2.45. The van der Waals surface area contributed by atoms with Gasteiger partial charge in [0.05, 0.1) is 0 Å². The van der Waals surface area contributed by atoms with Crippen LogP contribution in [0.2, 0.25) is 0 Å². The zero-order valence-corrected chi connectivity index (χ0v) is 20.0. The molecule has 0 aromatic heterocycles. The SMILES string of the molecule is CC(C)CN(Cc1cccc(OS(=O)(=O)c2ccc(F)cc2)c1)C(=O)C1CC1c1ccccc1. The van der Waals surface area contributed by atoms with Crippen molar-refractivity contribution in [2.75, 3.05) is 6.54 Å². The summed E-state index contributed by atoms with van der Waals surface area (Å²) < 4.78 is 43.5. The van der Waals surface area contributed by atoms with Gasteiger partial charge in [-0.05, 0) is 65.8 Å². The zero-order valence-electron chi connectivity index (χ0n) is 19.2. The number of carbonyl (C=O) groups excluding carboxylic acids is 1. The Morgan fingerprint density at radius 3 is 2.41 bits per heavy atom. The van der Waals surface area contributed by atoms with Gasteiger partial charge in [0.25, 0.3) is 0 Å². The third-order valence-electron chi connectivity index (χ3n) is 5.81. The van der Waals surface area contributed by atoms with Crippen LogP contribution in [0, 0.1) is 17.7 Å². The van der Waals surface area contributed by atoms with Crippen molar-refractivity contribution in [3.05, 3.63) is 95.8 Å². The highest BCUT2D eigenvalue weighted by molar-refractivity contribution is 7.87. The summed E-state index contributed by atoms with van der Waals surface area (Å²) in [5.41, 5.74) is 1.96. The molecule has 0 spiro atoms. The van der Waals surface area contributed by atoms with Crippen LogP contribution in [0.1, 0.15) is 37.3 Å². The minimum Gasteiger partial charge on any atom is -0.379 e. The number of benzene rings is 3. The lowest BCUT2D eigenvalue weighted by molar-refractivity contribution is -0.133. The molecule has 1 saturated carbocycles. The molecule has 0 saturated heterocycles. The van der Waals surface area contributed by atoms with E-state index in [9.17, 15) is 17.6 Å². The molecule has 5 nitrogen and oxygen atoms in total. The van der Waals surface area contributed by atoms with E-state index < -0.39 is 15.9 Å². The maximum absolute atomic E-state index is 13.3. The predicted molar refractivity (Wildman–Crippen MR) is 128 cm³/mol. The monoisotopic (exact) mass is 481 g/mol. The molecule has 2 atom stereocenters. The van der Waals surface area contributed by atoms with Crippen molar-refractivity contribution in [3.8, 4) is 5.75 Å². The van der Waals surface area contributed by atoms with Gasteiger partial charge in [0.2, 0.25) is 5.91 Å². The first kappa shape index (κ1) is 24.0. The van der Waals surface area contributed by atoms with Crippen LogP contribution >= 0.6 is 0 Å². The molecule has 1 aliphatic carbocycles. The average Bonchev–Trinajstić information content (AvgIpc) is 3.60. The average molecular weight is 482 g/mol. The summed E-state index contributed by atoms with van der Waals surface area (Å²) in [7, 11) is -4.10. The van der Waals surface area contributed by atoms with Crippen LogP contribution in [0.5, 0.6) is 5.75 Å². The lowest BCUT2D eigenvalue weighted by atomic mass is 10.1. The lowest BCUT2D eigenvalue weighted by Gasteiger charge is -2.25. The van der Waals surface area contributed by atoms with Crippen molar-refractivity contribution < 1.29 is 21.8 Å². The molecule has 2 unspecified atom stereocenters. The first-order valence-electron chi connectivity index (χ1n) is 11.4. The molecule has 4 rings (SSSR count). The van der Waals surface area contributed by atoms with E-state index in [1.807, 2.05) is 29.2 Å². The Kier molecular flexibility index (Phi) is 7.03. The smallest absolute Gasteiger partial charge is 0.339 e. The molecule has 3 aromatic carbocycles. The fraction of sp³-hybridized carbons (Fsp3) is 0.296. The van der Waals surface area contributed by atoms with Crippen molar-refractivity contribution in [1.82, 2.24) is 4.90 Å². The highest BCUT2D eigenvalue weighted by atomic mass is 32.2. The van der Waals surface area contributed by atoms with Crippen LogP contribution < -0.4 is 4.18 Å². The second kappa shape index (κ2) is 9.97. The Labute approximate surface area is 200 Å². The second-order valence-electron chi connectivity index (χ2n) is 9.11. The molecule has 0 N–H and O–H groups in total. The standard InChI is InChI=1S/C27H28FNO4S/c1-19(2)17-29(27(30)26-16-25(26)21-8-4-3-5-9-21)18-20-7-6-10-23(15-20)33-34(31,32)24-13-11-22(28)12-14-24/h3-15,19,25-26H,16-18H2,1-2H3. The lowest BCUT2D eigenvalue weighted by Crippen LogP contribution is -2.35. The number of hydrogen-bond acceptors (Lipinski definition) is 4. The molecule has 1 amide bonds. The van der Waals surface area contributed by atoms with Gasteiger partial charge in [-0.2, -0.15) is 8.42 Å². The Balaban J connectivity index is 1.48. The van der Waals surface area contributed by atoms with Gasteiger partial charge in [-0.25, -0.2) is 4.39 Å². The summed E-state index contributed by atoms with van der Waals surface area (Å²) in [6.07, 6.45) is 0.844. The van der Waals surface area contributed by atoms with Crippen LogP contribution in [0.15, 0.2) is 83.8 Å². The Hall–Kier alpha value is -3.19. The van der Waals surface area contributed by atoms with Crippen LogP contribution in [-0.4, -0.2) is 25.8 Å². The molecule has 0 radical (unpaired) electrons. The third kappa shape index (κ3) is 5.83. The van der Waals surface area contributed by atoms with E-state index in [4.69, 9.17) is 4.18 Å². The molecule has 0 heterocycles. The minimum atomic E-state index is -4.10. The number of halogens is 1. The van der Waals surface area contributed by atoms with Crippen molar-refractivity contribution in [1.29, 1.82) is 0 Å². The molecule has 7 heteroatoms. The summed E-state index contributed by atoms with van der Waals surface area (Å²) in [5, 5.41) is 0. The second-order valence-corrected chi connectivity index (χ2v) is 10.7. The van der Waals surface area contributed by atoms with E-state index in [-0.39, 0.29) is 34.3 Å². The maximum Gasteiger partial charge on any atom is 0.339 e. The Morgan fingerprint density at radius 2 is 1.74 bits per heavy atom. The van der Waals surface area contributed by atoms with E-state index in [1.54, 1.807) is 18.2 Å². The van der Waals surface area contributed by atoms with Gasteiger partial charge >= 0.3 is 10.1 Å². The van der Waals surface area contributed by atoms with E-state index in [0.29, 0.717) is 13.1 Å². The summed E-state index contributed by atoms with van der Waals surface area (Å²) in [6, 6.07) is 21.3. The van der Waals surface area contributed by atoms with Crippen LogP contribution in [0.4, 0.5) is 4.39 Å². The van der Waals surface area contributed by atoms with E-state index >= 15 is 0 Å². The molecule has 0 bridgehead atoms. The Morgan fingerprint density at radius 1 is 1.03 bits per heavy atom. The van der Waals surface area contributed by atoms with Crippen LogP contribution in [0.3, 0.4) is 0 Å². The van der Waals surface area contributed by atoms with Gasteiger partial charge in [-0.15, -0.1) is 0 Å². The number of carbonyl (C=O) groups is 1.